The van der Waals surface area contributed by atoms with Crippen molar-refractivity contribution in [1.29, 1.82) is 5.26 Å². The van der Waals surface area contributed by atoms with E-state index in [0.29, 0.717) is 23.8 Å². The number of nitrogens with one attached hydrogen (secondary N) is 1. The van der Waals surface area contributed by atoms with E-state index in [1.165, 1.54) is 11.1 Å². The largest absolute Gasteiger partial charge is 0.493 e. The first-order valence-corrected chi connectivity index (χ1v) is 11.8. The molecular weight excluding hydrogens is 430 g/mol. The molecule has 1 aliphatic rings. The fraction of sp³-hybridized carbons (Fsp3) is 0.519. The highest BCUT2D eigenvalue weighted by atomic mass is 16.5. The van der Waals surface area contributed by atoms with Crippen LogP contribution in [-0.4, -0.2) is 66.6 Å². The van der Waals surface area contributed by atoms with Gasteiger partial charge in [-0.3, -0.25) is 0 Å². The Balaban J connectivity index is 1.40. The van der Waals surface area contributed by atoms with Gasteiger partial charge >= 0.3 is 0 Å². The molecule has 0 radical (unpaired) electrons. The lowest BCUT2D eigenvalue weighted by atomic mass is 9.77. The zero-order valence-electron chi connectivity index (χ0n) is 21.1. The molecule has 0 saturated carbocycles. The summed E-state index contributed by atoms with van der Waals surface area (Å²) in [5.74, 6) is 3.54. The molecule has 0 fully saturated rings. The van der Waals surface area contributed by atoms with Crippen molar-refractivity contribution in [2.24, 2.45) is 0 Å². The van der Waals surface area contributed by atoms with Crippen LogP contribution in [0, 0.1) is 11.3 Å². The van der Waals surface area contributed by atoms with Gasteiger partial charge in [-0.1, -0.05) is 0 Å². The highest BCUT2D eigenvalue weighted by Crippen LogP contribution is 2.42. The number of nitriles is 1. The maximum atomic E-state index is 9.16. The third kappa shape index (κ3) is 6.13. The normalized spacial score (nSPS) is 14.2. The Morgan fingerprint density at radius 1 is 0.912 bits per heavy atom. The zero-order chi connectivity index (χ0) is 24.5. The molecule has 0 heterocycles. The van der Waals surface area contributed by atoms with E-state index in [2.05, 4.69) is 35.5 Å². The molecule has 0 aromatic heterocycles. The minimum atomic E-state index is 0.365. The first-order valence-electron chi connectivity index (χ1n) is 11.8. The molecule has 0 bridgehead atoms. The van der Waals surface area contributed by atoms with Gasteiger partial charge in [0.05, 0.1) is 40.9 Å². The Labute approximate surface area is 203 Å². The van der Waals surface area contributed by atoms with Crippen LogP contribution in [-0.2, 0) is 19.3 Å². The van der Waals surface area contributed by atoms with Gasteiger partial charge in [-0.05, 0) is 92.5 Å². The number of fused-ring (bicyclic) bond motifs is 1. The fourth-order valence-corrected chi connectivity index (χ4v) is 4.64. The molecule has 0 saturated heterocycles. The predicted octanol–water partition coefficient (Wildman–Crippen LogP) is 3.58. The van der Waals surface area contributed by atoms with Gasteiger partial charge in [-0.2, -0.15) is 5.26 Å². The highest BCUT2D eigenvalue weighted by molar-refractivity contribution is 5.53. The minimum absolute atomic E-state index is 0.365. The van der Waals surface area contributed by atoms with Crippen LogP contribution in [0.15, 0.2) is 24.3 Å². The molecule has 7 nitrogen and oxygen atoms in total. The molecule has 184 valence electrons. The zero-order valence-corrected chi connectivity index (χ0v) is 21.1. The molecule has 1 atom stereocenters. The first-order chi connectivity index (χ1) is 16.5. The van der Waals surface area contributed by atoms with E-state index in [9.17, 15) is 0 Å². The molecular formula is C27H37N3O4. The number of methoxy groups -OCH3 is 4. The van der Waals surface area contributed by atoms with Gasteiger partial charge in [-0.25, -0.2) is 0 Å². The second-order valence-electron chi connectivity index (χ2n) is 8.73. The predicted molar refractivity (Wildman–Crippen MR) is 134 cm³/mol. The first kappa shape index (κ1) is 25.7. The lowest BCUT2D eigenvalue weighted by Crippen LogP contribution is -2.32. The topological polar surface area (TPSA) is 76.0 Å². The van der Waals surface area contributed by atoms with Crippen LogP contribution in [0.2, 0.25) is 0 Å². The van der Waals surface area contributed by atoms with Crippen molar-refractivity contribution in [3.63, 3.8) is 0 Å². The lowest BCUT2D eigenvalue weighted by molar-refractivity contribution is 0.291. The van der Waals surface area contributed by atoms with Crippen LogP contribution in [0.1, 0.15) is 34.6 Å². The van der Waals surface area contributed by atoms with E-state index in [4.69, 9.17) is 24.2 Å². The molecule has 0 aliphatic heterocycles. The van der Waals surface area contributed by atoms with E-state index in [-0.39, 0.29) is 0 Å². The Kier molecular flexibility index (Phi) is 9.43. The maximum Gasteiger partial charge on any atom is 0.161 e. The fourth-order valence-electron chi connectivity index (χ4n) is 4.64. The molecule has 2 aromatic rings. The van der Waals surface area contributed by atoms with E-state index in [0.717, 1.165) is 68.1 Å². The van der Waals surface area contributed by atoms with Gasteiger partial charge in [0.25, 0.3) is 0 Å². The molecule has 34 heavy (non-hydrogen) atoms. The third-order valence-electron chi connectivity index (χ3n) is 6.52. The van der Waals surface area contributed by atoms with Gasteiger partial charge in [0, 0.05) is 12.5 Å². The molecule has 0 amide bonds. The third-order valence-corrected chi connectivity index (χ3v) is 6.52. The second-order valence-corrected chi connectivity index (χ2v) is 8.73. The summed E-state index contributed by atoms with van der Waals surface area (Å²) in [5, 5.41) is 12.7. The van der Waals surface area contributed by atoms with Crippen LogP contribution in [0.4, 0.5) is 0 Å². The van der Waals surface area contributed by atoms with Crippen molar-refractivity contribution in [2.45, 2.75) is 31.6 Å². The van der Waals surface area contributed by atoms with Gasteiger partial charge in [0.2, 0.25) is 0 Å². The monoisotopic (exact) mass is 467 g/mol. The molecule has 7 heteroatoms. The number of ether oxygens (including phenoxy) is 4. The summed E-state index contributed by atoms with van der Waals surface area (Å²) in [6.07, 6.45) is 3.38. The van der Waals surface area contributed by atoms with Crippen LogP contribution in [0.3, 0.4) is 0 Å². The molecule has 1 aliphatic carbocycles. The quantitative estimate of drug-likeness (QED) is 0.426. The maximum absolute atomic E-state index is 9.16. The number of hydrogen-bond acceptors (Lipinski definition) is 7. The minimum Gasteiger partial charge on any atom is -0.493 e. The summed E-state index contributed by atoms with van der Waals surface area (Å²) in [6.45, 7) is 3.90. The van der Waals surface area contributed by atoms with Gasteiger partial charge in [-0.15, -0.1) is 0 Å². The van der Waals surface area contributed by atoms with Gasteiger partial charge in [0.1, 0.15) is 0 Å². The van der Waals surface area contributed by atoms with Crippen LogP contribution < -0.4 is 24.3 Å². The molecule has 0 spiro atoms. The Morgan fingerprint density at radius 2 is 1.53 bits per heavy atom. The van der Waals surface area contributed by atoms with E-state index < -0.39 is 0 Å². The van der Waals surface area contributed by atoms with Crippen molar-refractivity contribution in [3.05, 3.63) is 46.5 Å². The average molecular weight is 468 g/mol. The van der Waals surface area contributed by atoms with E-state index >= 15 is 0 Å². The molecule has 1 N–H and O–H groups in total. The van der Waals surface area contributed by atoms with E-state index in [1.54, 1.807) is 28.4 Å². The molecule has 1 unspecified atom stereocenters. The van der Waals surface area contributed by atoms with Crippen LogP contribution >= 0.6 is 0 Å². The molecule has 2 aromatic carbocycles. The van der Waals surface area contributed by atoms with Gasteiger partial charge in [0.15, 0.2) is 23.0 Å². The number of benzene rings is 2. The Hall–Kier alpha value is -2.95. The number of hydrogen-bond donors (Lipinski definition) is 1. The van der Waals surface area contributed by atoms with Crippen molar-refractivity contribution in [2.75, 3.05) is 61.7 Å². The summed E-state index contributed by atoms with van der Waals surface area (Å²) >= 11 is 0. The SMILES string of the molecule is COc1cc(CC#N)c(CCNCCCN(C)CC2Cc3cc(OC)c(OC)cc32)cc1OC. The average Bonchev–Trinajstić information content (AvgIpc) is 2.84. The van der Waals surface area contributed by atoms with Gasteiger partial charge < -0.3 is 29.2 Å². The summed E-state index contributed by atoms with van der Waals surface area (Å²) in [6, 6.07) is 10.4. The standard InChI is InChI=1S/C27H37N3O4/c1-30(18-22-13-21-16-26(33-4)27(34-5)17-23(21)22)12-6-10-29-11-8-20-15-25(32-3)24(31-2)14-19(20)7-9-28/h14-17,22,29H,6-8,10-13,18H2,1-5H3. The number of likely N-dealkylation sites (N-methyl/N-ethyl adjacent to an activating group) is 1. The van der Waals surface area contributed by atoms with E-state index in [1.807, 2.05) is 12.1 Å². The summed E-state index contributed by atoms with van der Waals surface area (Å²) < 4.78 is 21.7. The van der Waals surface area contributed by atoms with Crippen molar-refractivity contribution in [1.82, 2.24) is 10.2 Å². The smallest absolute Gasteiger partial charge is 0.161 e. The highest BCUT2D eigenvalue weighted by Gasteiger charge is 2.29. The van der Waals surface area contributed by atoms with Crippen LogP contribution in [0.25, 0.3) is 0 Å². The van der Waals surface area contributed by atoms with Crippen LogP contribution in [0.5, 0.6) is 23.0 Å². The lowest BCUT2D eigenvalue weighted by Gasteiger charge is -2.34. The second kappa shape index (κ2) is 12.5. The molecule has 3 rings (SSSR count). The van der Waals surface area contributed by atoms with Crippen molar-refractivity contribution in [3.8, 4) is 29.1 Å². The number of rotatable bonds is 14. The summed E-state index contributed by atoms with van der Waals surface area (Å²) in [4.78, 5) is 2.41. The Bertz CT molecular complexity index is 1000. The van der Waals surface area contributed by atoms with Crippen molar-refractivity contribution < 1.29 is 18.9 Å². The summed E-state index contributed by atoms with van der Waals surface area (Å²) in [7, 11) is 8.81. The number of nitrogens with zero attached hydrogens (tertiary/aromatic N) is 2. The summed E-state index contributed by atoms with van der Waals surface area (Å²) in [5.41, 5.74) is 4.87. The van der Waals surface area contributed by atoms with Crippen molar-refractivity contribution >= 4 is 0 Å². The Morgan fingerprint density at radius 3 is 2.18 bits per heavy atom.